The van der Waals surface area contributed by atoms with Crippen LogP contribution < -0.4 is 4.74 Å². The zero-order valence-corrected chi connectivity index (χ0v) is 9.03. The number of aliphatic hydroxyl groups excluding tert-OH is 1. The van der Waals surface area contributed by atoms with Gasteiger partial charge in [-0.3, -0.25) is 0 Å². The number of hydrogen-bond donors (Lipinski definition) is 1. The molecule has 14 heavy (non-hydrogen) atoms. The van der Waals surface area contributed by atoms with Crippen molar-refractivity contribution in [2.75, 3.05) is 0 Å². The summed E-state index contributed by atoms with van der Waals surface area (Å²) in [6.07, 6.45) is 0.420. The van der Waals surface area contributed by atoms with Crippen LogP contribution in [0, 0.1) is 0 Å². The van der Waals surface area contributed by atoms with E-state index in [1.165, 1.54) is 0 Å². The highest BCUT2D eigenvalue weighted by molar-refractivity contribution is 5.35. The van der Waals surface area contributed by atoms with Crippen molar-refractivity contribution >= 4 is 0 Å². The predicted octanol–water partition coefficient (Wildman–Crippen LogP) is 2.92. The van der Waals surface area contributed by atoms with Gasteiger partial charge in [0.1, 0.15) is 5.75 Å². The van der Waals surface area contributed by atoms with Crippen LogP contribution >= 0.6 is 0 Å². The molecule has 0 saturated heterocycles. The van der Waals surface area contributed by atoms with E-state index in [9.17, 15) is 5.11 Å². The monoisotopic (exact) mass is 194 g/mol. The Hall–Kier alpha value is -1.02. The van der Waals surface area contributed by atoms with E-state index in [0.29, 0.717) is 6.42 Å². The summed E-state index contributed by atoms with van der Waals surface area (Å²) >= 11 is 0. The molecule has 0 aliphatic carbocycles. The molecule has 1 aromatic rings. The van der Waals surface area contributed by atoms with Gasteiger partial charge in [-0.05, 0) is 26.3 Å². The van der Waals surface area contributed by atoms with Gasteiger partial charge in [-0.25, -0.2) is 0 Å². The predicted molar refractivity (Wildman–Crippen MR) is 57.5 cm³/mol. The second-order valence-electron chi connectivity index (χ2n) is 3.63. The molecule has 2 nitrogen and oxygen atoms in total. The molecule has 0 bridgehead atoms. The minimum Gasteiger partial charge on any atom is -0.491 e. The number of ether oxygens (including phenoxy) is 1. The molecule has 0 saturated carbocycles. The first-order valence-corrected chi connectivity index (χ1v) is 5.08. The van der Waals surface area contributed by atoms with Gasteiger partial charge < -0.3 is 9.84 Å². The van der Waals surface area contributed by atoms with E-state index in [1.807, 2.05) is 45.0 Å². The van der Waals surface area contributed by atoms with E-state index in [4.69, 9.17) is 4.74 Å². The van der Waals surface area contributed by atoms with Crippen molar-refractivity contribution in [3.8, 4) is 5.75 Å². The highest BCUT2D eigenvalue weighted by Gasteiger charge is 2.11. The Labute approximate surface area is 85.5 Å². The number of benzene rings is 1. The van der Waals surface area contributed by atoms with E-state index in [0.717, 1.165) is 11.3 Å². The van der Waals surface area contributed by atoms with Gasteiger partial charge in [0.2, 0.25) is 0 Å². The maximum atomic E-state index is 9.74. The standard InChI is InChI=1S/C12H18O2/c1-4-11(13)10-7-5-6-8-12(10)14-9(2)3/h5-9,11,13H,4H2,1-3H3. The summed E-state index contributed by atoms with van der Waals surface area (Å²) in [7, 11) is 0. The van der Waals surface area contributed by atoms with Crippen LogP contribution in [0.1, 0.15) is 38.9 Å². The molecular formula is C12H18O2. The van der Waals surface area contributed by atoms with Crippen molar-refractivity contribution in [1.29, 1.82) is 0 Å². The lowest BCUT2D eigenvalue weighted by Gasteiger charge is -2.16. The molecule has 0 heterocycles. The molecule has 1 unspecified atom stereocenters. The Balaban J connectivity index is 2.91. The Morgan fingerprint density at radius 1 is 1.29 bits per heavy atom. The molecule has 0 fully saturated rings. The van der Waals surface area contributed by atoms with Crippen molar-refractivity contribution in [2.45, 2.75) is 39.4 Å². The molecule has 2 heteroatoms. The van der Waals surface area contributed by atoms with Crippen LogP contribution in [0.5, 0.6) is 5.75 Å². The van der Waals surface area contributed by atoms with E-state index in [2.05, 4.69) is 0 Å². The molecule has 0 spiro atoms. The zero-order chi connectivity index (χ0) is 10.6. The minimum absolute atomic E-state index is 0.139. The first-order chi connectivity index (χ1) is 6.65. The topological polar surface area (TPSA) is 29.5 Å². The molecule has 1 rings (SSSR count). The summed E-state index contributed by atoms with van der Waals surface area (Å²) in [5, 5.41) is 9.74. The molecule has 0 amide bonds. The Morgan fingerprint density at radius 3 is 2.50 bits per heavy atom. The molecule has 1 aromatic carbocycles. The van der Waals surface area contributed by atoms with Crippen molar-refractivity contribution in [1.82, 2.24) is 0 Å². The van der Waals surface area contributed by atoms with Gasteiger partial charge >= 0.3 is 0 Å². The van der Waals surface area contributed by atoms with Crippen LogP contribution in [0.4, 0.5) is 0 Å². The fourth-order valence-electron chi connectivity index (χ4n) is 1.34. The van der Waals surface area contributed by atoms with E-state index < -0.39 is 6.10 Å². The molecule has 0 aliphatic heterocycles. The van der Waals surface area contributed by atoms with Gasteiger partial charge in [-0.1, -0.05) is 25.1 Å². The highest BCUT2D eigenvalue weighted by atomic mass is 16.5. The van der Waals surface area contributed by atoms with Gasteiger partial charge in [0.05, 0.1) is 12.2 Å². The molecule has 78 valence electrons. The van der Waals surface area contributed by atoms with Gasteiger partial charge in [0.25, 0.3) is 0 Å². The van der Waals surface area contributed by atoms with E-state index in [-0.39, 0.29) is 6.10 Å². The van der Waals surface area contributed by atoms with Crippen LogP contribution in [0.2, 0.25) is 0 Å². The summed E-state index contributed by atoms with van der Waals surface area (Å²) in [6, 6.07) is 7.64. The number of rotatable bonds is 4. The van der Waals surface area contributed by atoms with Crippen LogP contribution in [-0.4, -0.2) is 11.2 Å². The van der Waals surface area contributed by atoms with Gasteiger partial charge in [-0.15, -0.1) is 0 Å². The summed E-state index contributed by atoms with van der Waals surface area (Å²) in [5.41, 5.74) is 0.878. The molecule has 0 radical (unpaired) electrons. The average Bonchev–Trinajstić information content (AvgIpc) is 2.16. The lowest BCUT2D eigenvalue weighted by molar-refractivity contribution is 0.162. The highest BCUT2D eigenvalue weighted by Crippen LogP contribution is 2.27. The Bertz CT molecular complexity index is 281. The maximum absolute atomic E-state index is 9.74. The third-order valence-corrected chi connectivity index (χ3v) is 2.03. The van der Waals surface area contributed by atoms with Gasteiger partial charge in [-0.2, -0.15) is 0 Å². The number of para-hydroxylation sites is 1. The molecule has 1 atom stereocenters. The lowest BCUT2D eigenvalue weighted by atomic mass is 10.1. The average molecular weight is 194 g/mol. The van der Waals surface area contributed by atoms with Crippen molar-refractivity contribution in [3.63, 3.8) is 0 Å². The minimum atomic E-state index is -0.426. The fourth-order valence-corrected chi connectivity index (χ4v) is 1.34. The van der Waals surface area contributed by atoms with Crippen LogP contribution in [-0.2, 0) is 0 Å². The first-order valence-electron chi connectivity index (χ1n) is 5.08. The Kier molecular flexibility index (Phi) is 3.96. The lowest BCUT2D eigenvalue weighted by Crippen LogP contribution is -2.08. The summed E-state index contributed by atoms with van der Waals surface area (Å²) in [4.78, 5) is 0. The van der Waals surface area contributed by atoms with Crippen molar-refractivity contribution in [3.05, 3.63) is 29.8 Å². The van der Waals surface area contributed by atoms with E-state index >= 15 is 0 Å². The van der Waals surface area contributed by atoms with Crippen LogP contribution in [0.3, 0.4) is 0 Å². The second kappa shape index (κ2) is 5.01. The number of aliphatic hydroxyl groups is 1. The molecule has 0 aliphatic rings. The summed E-state index contributed by atoms with van der Waals surface area (Å²) < 4.78 is 5.61. The zero-order valence-electron chi connectivity index (χ0n) is 9.03. The molecule has 1 N–H and O–H groups in total. The third kappa shape index (κ3) is 2.74. The second-order valence-corrected chi connectivity index (χ2v) is 3.63. The smallest absolute Gasteiger partial charge is 0.125 e. The van der Waals surface area contributed by atoms with Crippen molar-refractivity contribution in [2.24, 2.45) is 0 Å². The fraction of sp³-hybridized carbons (Fsp3) is 0.500. The SMILES string of the molecule is CCC(O)c1ccccc1OC(C)C. The van der Waals surface area contributed by atoms with E-state index in [1.54, 1.807) is 0 Å². The maximum Gasteiger partial charge on any atom is 0.125 e. The third-order valence-electron chi connectivity index (χ3n) is 2.03. The largest absolute Gasteiger partial charge is 0.491 e. The van der Waals surface area contributed by atoms with Gasteiger partial charge in [0, 0.05) is 5.56 Å². The molecular weight excluding hydrogens is 176 g/mol. The first kappa shape index (κ1) is 11.1. The quantitative estimate of drug-likeness (QED) is 0.798. The summed E-state index contributed by atoms with van der Waals surface area (Å²) in [5.74, 6) is 0.789. The Morgan fingerprint density at radius 2 is 1.93 bits per heavy atom. The molecule has 0 aromatic heterocycles. The number of hydrogen-bond acceptors (Lipinski definition) is 2. The normalized spacial score (nSPS) is 12.9. The van der Waals surface area contributed by atoms with Crippen LogP contribution in [0.15, 0.2) is 24.3 Å². The van der Waals surface area contributed by atoms with Gasteiger partial charge in [0.15, 0.2) is 0 Å². The summed E-state index contributed by atoms with van der Waals surface area (Å²) in [6.45, 7) is 5.92. The van der Waals surface area contributed by atoms with Crippen LogP contribution in [0.25, 0.3) is 0 Å². The van der Waals surface area contributed by atoms with Crippen molar-refractivity contribution < 1.29 is 9.84 Å².